The molecule has 4 unspecified atom stereocenters. The van der Waals surface area contributed by atoms with E-state index in [1.807, 2.05) is 36.4 Å². The lowest BCUT2D eigenvalue weighted by molar-refractivity contribution is -0.152. The summed E-state index contributed by atoms with van der Waals surface area (Å²) in [6.07, 6.45) is 11.6. The molecule has 0 aliphatic heterocycles. The summed E-state index contributed by atoms with van der Waals surface area (Å²) in [7, 11) is 0. The summed E-state index contributed by atoms with van der Waals surface area (Å²) in [5, 5.41) is 22.5. The average molecular weight is 454 g/mol. The van der Waals surface area contributed by atoms with Gasteiger partial charge in [-0.25, -0.2) is 0 Å². The van der Waals surface area contributed by atoms with E-state index in [9.17, 15) is 9.90 Å². The van der Waals surface area contributed by atoms with Gasteiger partial charge in [-0.05, 0) is 42.2 Å². The van der Waals surface area contributed by atoms with Crippen molar-refractivity contribution in [3.8, 4) is 0 Å². The lowest BCUT2D eigenvalue weighted by Gasteiger charge is -2.35. The second kappa shape index (κ2) is 10.6. The van der Waals surface area contributed by atoms with Gasteiger partial charge in [0.2, 0.25) is 0 Å². The van der Waals surface area contributed by atoms with Gasteiger partial charge in [-0.15, -0.1) is 5.10 Å². The molecule has 4 atom stereocenters. The van der Waals surface area contributed by atoms with Crippen LogP contribution in [0.15, 0.2) is 42.5 Å². The first-order valence-electron chi connectivity index (χ1n) is 12.3. The number of carbonyl (C=O) groups is 1. The molecule has 1 heterocycles. The molecule has 0 bridgehead atoms. The van der Waals surface area contributed by atoms with Crippen molar-refractivity contribution in [2.75, 3.05) is 0 Å². The summed E-state index contributed by atoms with van der Waals surface area (Å²) in [5.41, 5.74) is 1.43. The van der Waals surface area contributed by atoms with Gasteiger partial charge < -0.3 is 9.84 Å². The van der Waals surface area contributed by atoms with Crippen molar-refractivity contribution in [3.63, 3.8) is 0 Å². The minimum absolute atomic E-state index is 0.0808. The molecule has 0 fully saturated rings. The van der Waals surface area contributed by atoms with Crippen LogP contribution in [0.2, 0.25) is 0 Å². The third-order valence-electron chi connectivity index (χ3n) is 6.96. The predicted octanol–water partition coefficient (Wildman–Crippen LogP) is 5.85. The van der Waals surface area contributed by atoms with Crippen molar-refractivity contribution in [3.05, 3.63) is 48.1 Å². The molecule has 33 heavy (non-hydrogen) atoms. The van der Waals surface area contributed by atoms with Crippen molar-refractivity contribution in [2.24, 2.45) is 11.3 Å². The Morgan fingerprint density at radius 1 is 1.27 bits per heavy atom. The smallest absolute Gasteiger partial charge is 0.306 e. The van der Waals surface area contributed by atoms with Crippen molar-refractivity contribution in [1.82, 2.24) is 15.4 Å². The van der Waals surface area contributed by atoms with Gasteiger partial charge in [0.1, 0.15) is 11.6 Å². The van der Waals surface area contributed by atoms with Crippen LogP contribution in [0, 0.1) is 11.3 Å². The Hall–Kier alpha value is -2.47. The van der Waals surface area contributed by atoms with Gasteiger partial charge in [0.25, 0.3) is 0 Å². The van der Waals surface area contributed by atoms with Crippen LogP contribution in [0.5, 0.6) is 0 Å². The Bertz CT molecular complexity index is 988. The second-order valence-corrected chi connectivity index (χ2v) is 10.4. The molecule has 1 aliphatic carbocycles. The van der Waals surface area contributed by atoms with Gasteiger partial charge in [0, 0.05) is 12.3 Å². The number of aliphatic hydroxyl groups is 1. The number of carbonyl (C=O) groups excluding carboxylic acids is 1. The van der Waals surface area contributed by atoms with Crippen LogP contribution in [-0.4, -0.2) is 38.2 Å². The highest BCUT2D eigenvalue weighted by Crippen LogP contribution is 2.39. The van der Waals surface area contributed by atoms with E-state index in [1.54, 1.807) is 6.08 Å². The number of aromatic nitrogens is 3. The maximum absolute atomic E-state index is 12.8. The first-order valence-corrected chi connectivity index (χ1v) is 12.3. The fraction of sp³-hybridized carbons (Fsp3) is 0.593. The molecule has 0 saturated heterocycles. The molecule has 2 N–H and O–H groups in total. The van der Waals surface area contributed by atoms with Crippen LogP contribution in [0.4, 0.5) is 0 Å². The summed E-state index contributed by atoms with van der Waals surface area (Å²) in [5.74, 6) is -0.0716. The minimum atomic E-state index is -1.20. The number of nitrogens with zero attached hydrogens (tertiary/aromatic N) is 2. The second-order valence-electron chi connectivity index (χ2n) is 10.4. The first-order chi connectivity index (χ1) is 15.7. The fourth-order valence-electron chi connectivity index (χ4n) is 4.97. The molecule has 6 heteroatoms. The normalized spacial score (nSPS) is 22.4. The van der Waals surface area contributed by atoms with Gasteiger partial charge in [0.05, 0.1) is 11.1 Å². The van der Waals surface area contributed by atoms with E-state index >= 15 is 0 Å². The Morgan fingerprint density at radius 3 is 2.76 bits per heavy atom. The number of rotatable bonds is 10. The molecular formula is C27H39N3O3. The van der Waals surface area contributed by atoms with Crippen LogP contribution >= 0.6 is 0 Å². The Balaban J connectivity index is 1.68. The van der Waals surface area contributed by atoms with E-state index in [0.29, 0.717) is 5.92 Å². The molecule has 1 aromatic heterocycles. The maximum atomic E-state index is 12.8. The van der Waals surface area contributed by atoms with Crippen LogP contribution in [-0.2, 0) is 9.53 Å². The van der Waals surface area contributed by atoms with E-state index in [2.05, 4.69) is 50.0 Å². The van der Waals surface area contributed by atoms with Gasteiger partial charge in [-0.1, -0.05) is 89.1 Å². The topological polar surface area (TPSA) is 88.1 Å². The van der Waals surface area contributed by atoms with Crippen LogP contribution in [0.1, 0.15) is 84.6 Å². The van der Waals surface area contributed by atoms with Gasteiger partial charge in [-0.2, -0.15) is 0 Å². The summed E-state index contributed by atoms with van der Waals surface area (Å²) >= 11 is 0. The number of hydrogen-bond donors (Lipinski definition) is 2. The van der Waals surface area contributed by atoms with Crippen molar-refractivity contribution < 1.29 is 14.6 Å². The average Bonchev–Trinajstić information content (AvgIpc) is 3.25. The molecular weight excluding hydrogens is 414 g/mol. The third-order valence-corrected chi connectivity index (χ3v) is 6.96. The number of esters is 1. The number of aromatic amines is 1. The van der Waals surface area contributed by atoms with Gasteiger partial charge >= 0.3 is 5.97 Å². The minimum Gasteiger partial charge on any atom is -0.462 e. The number of ether oxygens (including phenoxy) is 1. The predicted molar refractivity (Wildman–Crippen MR) is 132 cm³/mol. The van der Waals surface area contributed by atoms with Gasteiger partial charge in [0.15, 0.2) is 0 Å². The highest BCUT2D eigenvalue weighted by atomic mass is 16.5. The number of fused-ring (bicyclic) bond motifs is 1. The number of allylic oxidation sites excluding steroid dienone is 2. The molecule has 0 radical (unpaired) electrons. The van der Waals surface area contributed by atoms with Crippen molar-refractivity contribution in [2.45, 2.75) is 90.8 Å². The molecule has 2 aromatic rings. The zero-order chi connectivity index (χ0) is 24.1. The van der Waals surface area contributed by atoms with E-state index in [4.69, 9.17) is 4.74 Å². The van der Waals surface area contributed by atoms with Crippen molar-refractivity contribution >= 4 is 17.0 Å². The monoisotopic (exact) mass is 453 g/mol. The molecule has 0 saturated carbocycles. The zero-order valence-electron chi connectivity index (χ0n) is 20.7. The molecule has 1 aliphatic rings. The third kappa shape index (κ3) is 6.11. The molecule has 6 nitrogen and oxygen atoms in total. The maximum Gasteiger partial charge on any atom is 0.306 e. The van der Waals surface area contributed by atoms with Crippen molar-refractivity contribution in [1.29, 1.82) is 0 Å². The number of benzene rings is 1. The lowest BCUT2D eigenvalue weighted by Crippen LogP contribution is -2.36. The Labute approximate surface area is 197 Å². The number of H-pyrrole nitrogens is 1. The lowest BCUT2D eigenvalue weighted by atomic mass is 9.75. The van der Waals surface area contributed by atoms with Crippen LogP contribution in [0.25, 0.3) is 11.0 Å². The van der Waals surface area contributed by atoms with Crippen LogP contribution in [0.3, 0.4) is 0 Å². The summed E-state index contributed by atoms with van der Waals surface area (Å²) in [6.45, 7) is 11.1. The quantitative estimate of drug-likeness (QED) is 0.440. The highest BCUT2D eigenvalue weighted by molar-refractivity contribution is 5.78. The molecule has 180 valence electrons. The van der Waals surface area contributed by atoms with E-state index in [0.717, 1.165) is 42.3 Å². The molecule has 0 amide bonds. The molecule has 0 spiro atoms. The largest absolute Gasteiger partial charge is 0.462 e. The Morgan fingerprint density at radius 2 is 2.06 bits per heavy atom. The summed E-state index contributed by atoms with van der Waals surface area (Å²) in [6, 6.07) is 5.79. The van der Waals surface area contributed by atoms with Crippen LogP contribution < -0.4 is 0 Å². The Kier molecular flexibility index (Phi) is 8.11. The number of nitrogens with one attached hydrogen (secondary N) is 1. The van der Waals surface area contributed by atoms with E-state index in [-0.39, 0.29) is 36.2 Å². The summed E-state index contributed by atoms with van der Waals surface area (Å²) in [4.78, 5) is 12.8. The standard InChI is InChI=1S/C27H39N3O3/c1-6-11-20(18-19(7-2)26(3,4)5)33-24(31)15-17-27(32)16-9-8-13-22(27)21-12-10-14-23-25(21)29-30-28-23/h8-10,12-14,16,19-20,22,32H,6-7,11,15,17-18H2,1-5H3,(H,28,29,30). The SMILES string of the molecule is CCCC(CC(CC)C(C)(C)C)OC(=O)CCC1(O)C=CC=CC1c1cccc2[nH]nnc12. The molecule has 3 rings (SSSR count). The van der Waals surface area contributed by atoms with Gasteiger partial charge in [-0.3, -0.25) is 9.89 Å². The first kappa shape index (κ1) is 25.2. The highest BCUT2D eigenvalue weighted by Gasteiger charge is 2.37. The summed E-state index contributed by atoms with van der Waals surface area (Å²) < 4.78 is 5.93. The fourth-order valence-corrected chi connectivity index (χ4v) is 4.97. The van der Waals surface area contributed by atoms with E-state index < -0.39 is 5.60 Å². The zero-order valence-corrected chi connectivity index (χ0v) is 20.7. The molecule has 1 aromatic carbocycles. The van der Waals surface area contributed by atoms with E-state index in [1.165, 1.54) is 0 Å². The number of hydrogen-bond acceptors (Lipinski definition) is 5.